The van der Waals surface area contributed by atoms with Gasteiger partial charge in [-0.05, 0) is 43.8 Å². The average molecular weight is 584 g/mol. The number of benzene rings is 2. The third kappa shape index (κ3) is 5.84. The van der Waals surface area contributed by atoms with Gasteiger partial charge in [0.15, 0.2) is 0 Å². The number of aromatic nitrogens is 2. The van der Waals surface area contributed by atoms with Crippen molar-refractivity contribution in [2.75, 3.05) is 63.3 Å². The van der Waals surface area contributed by atoms with E-state index in [4.69, 9.17) is 19.4 Å². The molecule has 10 nitrogen and oxygen atoms in total. The number of aryl methyl sites for hydroxylation is 1. The van der Waals surface area contributed by atoms with Crippen LogP contribution < -0.4 is 14.5 Å². The zero-order valence-electron chi connectivity index (χ0n) is 25.6. The molecule has 226 valence electrons. The summed E-state index contributed by atoms with van der Waals surface area (Å²) in [5.74, 6) is 0.874. The van der Waals surface area contributed by atoms with Crippen LogP contribution in [0.25, 0.3) is 10.8 Å². The van der Waals surface area contributed by atoms with Gasteiger partial charge in [-0.15, -0.1) is 0 Å². The van der Waals surface area contributed by atoms with Gasteiger partial charge in [-0.2, -0.15) is 15.2 Å². The van der Waals surface area contributed by atoms with Crippen LogP contribution in [0.5, 0.6) is 6.01 Å². The lowest BCUT2D eigenvalue weighted by Gasteiger charge is -2.42. The maximum Gasteiger partial charge on any atom is 0.318 e. The molecule has 0 unspecified atom stereocenters. The summed E-state index contributed by atoms with van der Waals surface area (Å²) in [6.07, 6.45) is 2.19. The van der Waals surface area contributed by atoms with E-state index in [1.807, 2.05) is 4.90 Å². The molecule has 4 heterocycles. The predicted molar refractivity (Wildman–Crippen MR) is 166 cm³/mol. The summed E-state index contributed by atoms with van der Waals surface area (Å²) in [4.78, 5) is 31.1. The molecule has 2 aromatic carbocycles. The van der Waals surface area contributed by atoms with Gasteiger partial charge in [-0.25, -0.2) is 0 Å². The molecular formula is C33H41N7O3. The highest BCUT2D eigenvalue weighted by Gasteiger charge is 2.34. The minimum atomic E-state index is -0.178. The Labute approximate surface area is 253 Å². The van der Waals surface area contributed by atoms with Gasteiger partial charge < -0.3 is 24.2 Å². The molecule has 10 heteroatoms. The predicted octanol–water partition coefficient (Wildman–Crippen LogP) is 3.55. The fraction of sp³-hybridized carbons (Fsp3) is 0.515. The molecule has 3 aliphatic rings. The minimum absolute atomic E-state index is 0.00436. The smallest absolute Gasteiger partial charge is 0.318 e. The van der Waals surface area contributed by atoms with Crippen molar-refractivity contribution in [3.05, 3.63) is 53.2 Å². The van der Waals surface area contributed by atoms with Gasteiger partial charge in [0.25, 0.3) is 0 Å². The molecule has 0 N–H and O–H groups in total. The fourth-order valence-corrected chi connectivity index (χ4v) is 7.00. The number of ether oxygens (including phenoxy) is 2. The average Bonchev–Trinajstić information content (AvgIpc) is 3.38. The monoisotopic (exact) mass is 583 g/mol. The summed E-state index contributed by atoms with van der Waals surface area (Å²) in [5, 5.41) is 12.0. The van der Waals surface area contributed by atoms with Crippen LogP contribution in [-0.4, -0.2) is 97.4 Å². The van der Waals surface area contributed by atoms with Crippen LogP contribution in [0.1, 0.15) is 36.6 Å². The van der Waals surface area contributed by atoms with Gasteiger partial charge in [-0.1, -0.05) is 30.3 Å². The number of likely N-dealkylation sites (tertiary alicyclic amines) is 1. The van der Waals surface area contributed by atoms with Crippen molar-refractivity contribution in [1.82, 2.24) is 19.8 Å². The van der Waals surface area contributed by atoms with E-state index in [0.717, 1.165) is 43.0 Å². The second kappa shape index (κ2) is 12.3. The Balaban J connectivity index is 1.33. The van der Waals surface area contributed by atoms with Gasteiger partial charge in [0.2, 0.25) is 5.91 Å². The second-order valence-corrected chi connectivity index (χ2v) is 12.0. The van der Waals surface area contributed by atoms with Crippen LogP contribution in [0, 0.1) is 18.3 Å². The second-order valence-electron chi connectivity index (χ2n) is 12.0. The summed E-state index contributed by atoms with van der Waals surface area (Å²) in [7, 11) is 3.86. The number of likely N-dealkylation sites (N-methyl/N-ethyl adjacent to an activating group) is 1. The lowest BCUT2D eigenvalue weighted by Crippen LogP contribution is -2.55. The highest BCUT2D eigenvalue weighted by atomic mass is 16.5. The van der Waals surface area contributed by atoms with Crippen LogP contribution in [-0.2, 0) is 22.5 Å². The molecule has 3 aliphatic heterocycles. The Bertz CT molecular complexity index is 1530. The molecular weight excluding hydrogens is 542 g/mol. The highest BCUT2D eigenvalue weighted by molar-refractivity contribution is 5.97. The van der Waals surface area contributed by atoms with Gasteiger partial charge >= 0.3 is 6.01 Å². The van der Waals surface area contributed by atoms with Crippen molar-refractivity contribution >= 4 is 28.2 Å². The molecule has 2 saturated heterocycles. The van der Waals surface area contributed by atoms with E-state index in [2.05, 4.69) is 71.1 Å². The zero-order chi connectivity index (χ0) is 30.1. The summed E-state index contributed by atoms with van der Waals surface area (Å²) in [5.41, 5.74) is 4.57. The SMILES string of the molecule is CO[C@@H]1C[C@H](COc2nc3c(c(N4CCN(C(C)=O)[C@@H](CC#N)C4)n2)CCN(c2cccc4cccc(C)c24)C3)N(C)C1. The van der Waals surface area contributed by atoms with Crippen LogP contribution in [0.4, 0.5) is 11.5 Å². The summed E-state index contributed by atoms with van der Waals surface area (Å²) >= 11 is 0. The van der Waals surface area contributed by atoms with Crippen molar-refractivity contribution in [2.24, 2.45) is 0 Å². The number of nitrogens with zero attached hydrogens (tertiary/aromatic N) is 7. The molecule has 0 aliphatic carbocycles. The number of carbonyl (C=O) groups is 1. The van der Waals surface area contributed by atoms with E-state index in [0.29, 0.717) is 38.8 Å². The van der Waals surface area contributed by atoms with Gasteiger partial charge in [0.05, 0.1) is 36.9 Å². The largest absolute Gasteiger partial charge is 0.462 e. The molecule has 0 saturated carbocycles. The van der Waals surface area contributed by atoms with E-state index in [1.54, 1.807) is 14.0 Å². The van der Waals surface area contributed by atoms with Crippen molar-refractivity contribution in [3.8, 4) is 12.1 Å². The van der Waals surface area contributed by atoms with Crippen LogP contribution >= 0.6 is 0 Å². The van der Waals surface area contributed by atoms with Gasteiger partial charge in [0.1, 0.15) is 12.4 Å². The molecule has 1 aromatic heterocycles. The third-order valence-electron chi connectivity index (χ3n) is 9.36. The summed E-state index contributed by atoms with van der Waals surface area (Å²) in [6, 6.07) is 15.6. The molecule has 1 amide bonds. The molecule has 0 radical (unpaired) electrons. The minimum Gasteiger partial charge on any atom is -0.462 e. The number of hydrogen-bond acceptors (Lipinski definition) is 9. The van der Waals surface area contributed by atoms with Crippen LogP contribution in [0.2, 0.25) is 0 Å². The lowest BCUT2D eigenvalue weighted by molar-refractivity contribution is -0.131. The zero-order valence-corrected chi connectivity index (χ0v) is 25.6. The van der Waals surface area contributed by atoms with E-state index in [9.17, 15) is 10.1 Å². The topological polar surface area (TPSA) is 98.1 Å². The van der Waals surface area contributed by atoms with Gasteiger partial charge in [-0.3, -0.25) is 9.69 Å². The number of nitriles is 1. The Morgan fingerprint density at radius 2 is 1.88 bits per heavy atom. The Kier molecular flexibility index (Phi) is 8.37. The number of fused-ring (bicyclic) bond motifs is 2. The number of amides is 1. The maximum atomic E-state index is 12.3. The van der Waals surface area contributed by atoms with Gasteiger partial charge in [0, 0.05) is 69.4 Å². The number of hydrogen-bond donors (Lipinski definition) is 0. The van der Waals surface area contributed by atoms with E-state index in [1.165, 1.54) is 22.0 Å². The van der Waals surface area contributed by atoms with E-state index >= 15 is 0 Å². The number of carbonyl (C=O) groups excluding carboxylic acids is 1. The third-order valence-corrected chi connectivity index (χ3v) is 9.36. The first-order chi connectivity index (χ1) is 20.9. The standard InChI is InChI=1S/C33H41N7O3/c1-22-7-5-8-24-9-6-10-30(31(22)24)38-14-12-28-29(20-38)35-33(43-21-26-17-27(42-4)19-37(26)3)36-32(28)39-15-16-40(23(2)41)25(18-39)11-13-34/h5-10,25-27H,11-12,14-21H2,1-4H3/t25-,26+,27+/m0/s1. The molecule has 2 fully saturated rings. The highest BCUT2D eigenvalue weighted by Crippen LogP contribution is 2.36. The first kappa shape index (κ1) is 29.1. The molecule has 43 heavy (non-hydrogen) atoms. The molecule has 6 rings (SSSR count). The number of rotatable bonds is 7. The number of anilines is 2. The van der Waals surface area contributed by atoms with Crippen molar-refractivity contribution in [3.63, 3.8) is 0 Å². The normalized spacial score (nSPS) is 22.5. The lowest BCUT2D eigenvalue weighted by atomic mass is 9.99. The van der Waals surface area contributed by atoms with Crippen molar-refractivity contribution in [2.45, 2.75) is 57.8 Å². The Morgan fingerprint density at radius 3 is 2.63 bits per heavy atom. The maximum absolute atomic E-state index is 12.3. The quantitative estimate of drug-likeness (QED) is 0.414. The summed E-state index contributed by atoms with van der Waals surface area (Å²) in [6.45, 7) is 8.37. The first-order valence-corrected chi connectivity index (χ1v) is 15.2. The molecule has 0 spiro atoms. The summed E-state index contributed by atoms with van der Waals surface area (Å²) < 4.78 is 11.9. The van der Waals surface area contributed by atoms with Crippen molar-refractivity contribution < 1.29 is 14.3 Å². The fourth-order valence-electron chi connectivity index (χ4n) is 7.00. The van der Waals surface area contributed by atoms with Crippen LogP contribution in [0.15, 0.2) is 36.4 Å². The Hall–Kier alpha value is -3.94. The van der Waals surface area contributed by atoms with Crippen LogP contribution in [0.3, 0.4) is 0 Å². The number of methoxy groups -OCH3 is 1. The molecule has 0 bridgehead atoms. The van der Waals surface area contributed by atoms with E-state index < -0.39 is 0 Å². The van der Waals surface area contributed by atoms with Crippen molar-refractivity contribution in [1.29, 1.82) is 5.26 Å². The first-order valence-electron chi connectivity index (χ1n) is 15.2. The Morgan fingerprint density at radius 1 is 1.07 bits per heavy atom. The molecule has 3 atom stereocenters. The number of piperazine rings is 1. The van der Waals surface area contributed by atoms with E-state index in [-0.39, 0.29) is 30.5 Å². The molecule has 3 aromatic rings.